The van der Waals surface area contributed by atoms with Gasteiger partial charge < -0.3 is 11.5 Å². The van der Waals surface area contributed by atoms with Gasteiger partial charge in [0.05, 0.1) is 0 Å². The number of halogens is 1. The standard InChI is InChI=1S/C19H17BrN2/c20-16-3-1-2-15(12-16)19(13-4-8-17(21)9-5-13)14-6-10-18(22)11-7-14/h1-12,19H,21-22H2. The fraction of sp³-hybridized carbons (Fsp3) is 0.0526. The normalized spacial score (nSPS) is 10.8. The SMILES string of the molecule is Nc1ccc(C(c2ccc(N)cc2)c2cccc(Br)c2)cc1. The zero-order valence-corrected chi connectivity index (χ0v) is 13.6. The molecule has 0 aromatic heterocycles. The van der Waals surface area contributed by atoms with Crippen LogP contribution in [0, 0.1) is 0 Å². The van der Waals surface area contributed by atoms with Crippen LogP contribution in [0.4, 0.5) is 11.4 Å². The highest BCUT2D eigenvalue weighted by Crippen LogP contribution is 2.33. The molecule has 0 bridgehead atoms. The summed E-state index contributed by atoms with van der Waals surface area (Å²) in [6, 6.07) is 24.5. The maximum absolute atomic E-state index is 5.82. The summed E-state index contributed by atoms with van der Waals surface area (Å²) in [7, 11) is 0. The van der Waals surface area contributed by atoms with Crippen molar-refractivity contribution in [2.45, 2.75) is 5.92 Å². The average molecular weight is 353 g/mol. The molecule has 3 heteroatoms. The van der Waals surface area contributed by atoms with Gasteiger partial charge in [0.15, 0.2) is 0 Å². The summed E-state index contributed by atoms with van der Waals surface area (Å²) in [6.07, 6.45) is 0. The summed E-state index contributed by atoms with van der Waals surface area (Å²) >= 11 is 3.56. The lowest BCUT2D eigenvalue weighted by molar-refractivity contribution is 0.977. The van der Waals surface area contributed by atoms with E-state index in [0.29, 0.717) is 0 Å². The molecule has 4 N–H and O–H groups in total. The fourth-order valence-corrected chi connectivity index (χ4v) is 3.06. The third-order valence-electron chi connectivity index (χ3n) is 3.72. The van der Waals surface area contributed by atoms with Gasteiger partial charge in [-0.25, -0.2) is 0 Å². The molecule has 0 aliphatic rings. The first-order valence-electron chi connectivity index (χ1n) is 7.10. The molecule has 3 rings (SSSR count). The van der Waals surface area contributed by atoms with Crippen LogP contribution in [0.25, 0.3) is 0 Å². The Bertz CT molecular complexity index is 719. The van der Waals surface area contributed by atoms with Gasteiger partial charge in [0.2, 0.25) is 0 Å². The van der Waals surface area contributed by atoms with Gasteiger partial charge in [0, 0.05) is 21.8 Å². The Morgan fingerprint density at radius 1 is 0.636 bits per heavy atom. The number of hydrogen-bond donors (Lipinski definition) is 2. The van der Waals surface area contributed by atoms with E-state index in [-0.39, 0.29) is 5.92 Å². The monoisotopic (exact) mass is 352 g/mol. The summed E-state index contributed by atoms with van der Waals surface area (Å²) in [5.41, 5.74) is 16.8. The molecule has 0 spiro atoms. The van der Waals surface area contributed by atoms with E-state index in [1.807, 2.05) is 30.3 Å². The van der Waals surface area contributed by atoms with Gasteiger partial charge in [0.1, 0.15) is 0 Å². The van der Waals surface area contributed by atoms with Crippen LogP contribution < -0.4 is 11.5 Å². The van der Waals surface area contributed by atoms with Gasteiger partial charge in [-0.1, -0.05) is 52.3 Å². The lowest BCUT2D eigenvalue weighted by Gasteiger charge is -2.19. The molecular formula is C19H17BrN2. The molecule has 0 aliphatic heterocycles. The molecule has 0 radical (unpaired) electrons. The Labute approximate surface area is 138 Å². The average Bonchev–Trinajstić information content (AvgIpc) is 2.51. The number of nitrogen functional groups attached to an aromatic ring is 2. The maximum atomic E-state index is 5.82. The van der Waals surface area contributed by atoms with Crippen molar-refractivity contribution in [2.24, 2.45) is 0 Å². The van der Waals surface area contributed by atoms with Crippen molar-refractivity contribution in [3.63, 3.8) is 0 Å². The minimum atomic E-state index is 0.152. The van der Waals surface area contributed by atoms with E-state index in [1.54, 1.807) is 0 Å². The Kier molecular flexibility index (Phi) is 4.16. The van der Waals surface area contributed by atoms with Crippen LogP contribution in [0.15, 0.2) is 77.3 Å². The van der Waals surface area contributed by atoms with Crippen LogP contribution in [0.1, 0.15) is 22.6 Å². The summed E-state index contributed by atoms with van der Waals surface area (Å²) in [4.78, 5) is 0. The van der Waals surface area contributed by atoms with Gasteiger partial charge in [0.25, 0.3) is 0 Å². The lowest BCUT2D eigenvalue weighted by atomic mass is 9.85. The highest BCUT2D eigenvalue weighted by Gasteiger charge is 2.16. The zero-order valence-electron chi connectivity index (χ0n) is 12.0. The van der Waals surface area contributed by atoms with Gasteiger partial charge in [-0.2, -0.15) is 0 Å². The van der Waals surface area contributed by atoms with Crippen LogP contribution in [0.3, 0.4) is 0 Å². The summed E-state index contributed by atoms with van der Waals surface area (Å²) in [6.45, 7) is 0. The molecule has 0 heterocycles. The Hall–Kier alpha value is -2.26. The molecule has 0 fully saturated rings. The molecule has 110 valence electrons. The number of nitrogens with two attached hydrogens (primary N) is 2. The van der Waals surface area contributed by atoms with Gasteiger partial charge >= 0.3 is 0 Å². The minimum Gasteiger partial charge on any atom is -0.399 e. The third kappa shape index (κ3) is 3.15. The zero-order chi connectivity index (χ0) is 15.5. The molecule has 0 saturated carbocycles. The van der Waals surface area contributed by atoms with E-state index in [2.05, 4.69) is 58.4 Å². The molecule has 3 aromatic carbocycles. The Morgan fingerprint density at radius 3 is 1.59 bits per heavy atom. The molecule has 0 amide bonds. The third-order valence-corrected chi connectivity index (χ3v) is 4.21. The first-order chi connectivity index (χ1) is 10.6. The molecule has 3 aromatic rings. The number of hydrogen-bond acceptors (Lipinski definition) is 2. The van der Waals surface area contributed by atoms with Gasteiger partial charge in [-0.3, -0.25) is 0 Å². The van der Waals surface area contributed by atoms with Crippen molar-refractivity contribution in [3.05, 3.63) is 94.0 Å². The molecule has 0 unspecified atom stereocenters. The largest absolute Gasteiger partial charge is 0.399 e. The highest BCUT2D eigenvalue weighted by molar-refractivity contribution is 9.10. The van der Waals surface area contributed by atoms with E-state index in [4.69, 9.17) is 11.5 Å². The molecule has 0 atom stereocenters. The highest BCUT2D eigenvalue weighted by atomic mass is 79.9. The predicted molar refractivity (Wildman–Crippen MR) is 96.8 cm³/mol. The first-order valence-corrected chi connectivity index (χ1v) is 7.89. The van der Waals surface area contributed by atoms with Gasteiger partial charge in [-0.05, 0) is 53.1 Å². The van der Waals surface area contributed by atoms with Crippen molar-refractivity contribution < 1.29 is 0 Å². The van der Waals surface area contributed by atoms with Crippen LogP contribution in [-0.2, 0) is 0 Å². The molecular weight excluding hydrogens is 336 g/mol. The second-order valence-electron chi connectivity index (χ2n) is 5.32. The minimum absolute atomic E-state index is 0.152. The Morgan fingerprint density at radius 2 is 1.14 bits per heavy atom. The molecule has 2 nitrogen and oxygen atoms in total. The van der Waals surface area contributed by atoms with Crippen LogP contribution in [0.5, 0.6) is 0 Å². The second kappa shape index (κ2) is 6.24. The molecule has 22 heavy (non-hydrogen) atoms. The van der Waals surface area contributed by atoms with E-state index in [0.717, 1.165) is 15.8 Å². The van der Waals surface area contributed by atoms with Crippen molar-refractivity contribution in [2.75, 3.05) is 11.5 Å². The predicted octanol–water partition coefficient (Wildman–Crippen LogP) is 4.79. The molecule has 0 aliphatic carbocycles. The van der Waals surface area contributed by atoms with Crippen LogP contribution in [-0.4, -0.2) is 0 Å². The van der Waals surface area contributed by atoms with Crippen molar-refractivity contribution in [1.82, 2.24) is 0 Å². The van der Waals surface area contributed by atoms with Gasteiger partial charge in [-0.15, -0.1) is 0 Å². The Balaban J connectivity index is 2.13. The summed E-state index contributed by atoms with van der Waals surface area (Å²) in [5, 5.41) is 0. The van der Waals surface area contributed by atoms with E-state index >= 15 is 0 Å². The first kappa shape index (κ1) is 14.7. The lowest BCUT2D eigenvalue weighted by Crippen LogP contribution is -2.04. The van der Waals surface area contributed by atoms with Crippen molar-refractivity contribution in [3.8, 4) is 0 Å². The number of anilines is 2. The maximum Gasteiger partial charge on any atom is 0.0340 e. The number of rotatable bonds is 3. The van der Waals surface area contributed by atoms with E-state index in [9.17, 15) is 0 Å². The molecule has 0 saturated heterocycles. The number of benzene rings is 3. The summed E-state index contributed by atoms with van der Waals surface area (Å²) < 4.78 is 1.07. The van der Waals surface area contributed by atoms with Crippen molar-refractivity contribution in [1.29, 1.82) is 0 Å². The van der Waals surface area contributed by atoms with Crippen LogP contribution in [0.2, 0.25) is 0 Å². The summed E-state index contributed by atoms with van der Waals surface area (Å²) in [5.74, 6) is 0.152. The quantitative estimate of drug-likeness (QED) is 0.525. The smallest absolute Gasteiger partial charge is 0.0340 e. The second-order valence-corrected chi connectivity index (χ2v) is 6.24. The van der Waals surface area contributed by atoms with E-state index < -0.39 is 0 Å². The fourth-order valence-electron chi connectivity index (χ4n) is 2.64. The van der Waals surface area contributed by atoms with Crippen LogP contribution >= 0.6 is 15.9 Å². The van der Waals surface area contributed by atoms with E-state index in [1.165, 1.54) is 16.7 Å². The van der Waals surface area contributed by atoms with Crippen molar-refractivity contribution >= 4 is 27.3 Å². The topological polar surface area (TPSA) is 52.0 Å².